The fourth-order valence-electron chi connectivity index (χ4n) is 3.58. The van der Waals surface area contributed by atoms with Crippen LogP contribution >= 0.6 is 12.4 Å². The molecule has 0 bridgehead atoms. The molecule has 0 saturated carbocycles. The molecule has 1 atom stereocenters. The molecule has 0 radical (unpaired) electrons. The molecule has 0 saturated heterocycles. The third-order valence-corrected chi connectivity index (χ3v) is 5.27. The SMILES string of the molecule is CN(C)C(=O)C(N)Cc1ccc(Oc2ccc(/C=C3/C(=O)Nc4ccccc43)cc2)cc1.Cl. The molecule has 0 spiro atoms. The van der Waals surface area contributed by atoms with Crippen molar-refractivity contribution in [2.75, 3.05) is 19.4 Å². The average Bonchev–Trinajstić information content (AvgIpc) is 3.10. The first-order chi connectivity index (χ1) is 15.4. The van der Waals surface area contributed by atoms with Crippen molar-refractivity contribution in [1.29, 1.82) is 0 Å². The Morgan fingerprint density at radius 3 is 2.24 bits per heavy atom. The second-order valence-corrected chi connectivity index (χ2v) is 7.92. The lowest BCUT2D eigenvalue weighted by Crippen LogP contribution is -2.41. The number of ether oxygens (including phenoxy) is 1. The van der Waals surface area contributed by atoms with Crippen LogP contribution < -0.4 is 15.8 Å². The molecule has 1 unspecified atom stereocenters. The Morgan fingerprint density at radius 1 is 1.00 bits per heavy atom. The van der Waals surface area contributed by atoms with E-state index in [1.807, 2.05) is 78.9 Å². The number of carbonyl (C=O) groups is 2. The van der Waals surface area contributed by atoms with E-state index in [0.29, 0.717) is 23.5 Å². The minimum atomic E-state index is -0.563. The molecule has 1 heterocycles. The largest absolute Gasteiger partial charge is 0.457 e. The van der Waals surface area contributed by atoms with Crippen molar-refractivity contribution in [1.82, 2.24) is 4.90 Å². The maximum atomic E-state index is 12.3. The predicted octanol–water partition coefficient (Wildman–Crippen LogP) is 4.35. The molecule has 3 aromatic carbocycles. The molecule has 7 heteroatoms. The van der Waals surface area contributed by atoms with Gasteiger partial charge < -0.3 is 20.7 Å². The molecule has 170 valence electrons. The molecule has 0 fully saturated rings. The van der Waals surface area contributed by atoms with E-state index in [-0.39, 0.29) is 24.2 Å². The van der Waals surface area contributed by atoms with Crippen LogP contribution in [0.1, 0.15) is 16.7 Å². The number of nitrogens with zero attached hydrogens (tertiary/aromatic N) is 1. The normalized spacial score (nSPS) is 14.2. The maximum absolute atomic E-state index is 12.3. The van der Waals surface area contributed by atoms with Crippen molar-refractivity contribution < 1.29 is 14.3 Å². The van der Waals surface area contributed by atoms with Gasteiger partial charge in [-0.15, -0.1) is 12.4 Å². The summed E-state index contributed by atoms with van der Waals surface area (Å²) in [5.74, 6) is 1.18. The number of rotatable bonds is 6. The first kappa shape index (κ1) is 24.0. The molecule has 4 rings (SSSR count). The number of para-hydroxylation sites is 1. The van der Waals surface area contributed by atoms with E-state index in [2.05, 4.69) is 5.32 Å². The van der Waals surface area contributed by atoms with E-state index in [1.165, 1.54) is 4.90 Å². The second-order valence-electron chi connectivity index (χ2n) is 7.92. The number of halogens is 1. The number of fused-ring (bicyclic) bond motifs is 1. The number of carbonyl (C=O) groups excluding carboxylic acids is 2. The molecule has 2 amide bonds. The quantitative estimate of drug-likeness (QED) is 0.532. The van der Waals surface area contributed by atoms with Crippen molar-refractivity contribution in [3.05, 3.63) is 89.5 Å². The Bertz CT molecular complexity index is 1170. The topological polar surface area (TPSA) is 84.7 Å². The van der Waals surface area contributed by atoms with E-state index in [1.54, 1.807) is 14.1 Å². The summed E-state index contributed by atoms with van der Waals surface area (Å²) in [6, 6.07) is 22.2. The number of hydrogen-bond donors (Lipinski definition) is 2. The Morgan fingerprint density at radius 2 is 1.61 bits per heavy atom. The van der Waals surface area contributed by atoms with Crippen LogP contribution in [0, 0.1) is 0 Å². The lowest BCUT2D eigenvalue weighted by atomic mass is 10.0. The van der Waals surface area contributed by atoms with Crippen LogP contribution in [0.3, 0.4) is 0 Å². The third kappa shape index (κ3) is 5.61. The number of hydrogen-bond acceptors (Lipinski definition) is 4. The standard InChI is InChI=1S/C26H25N3O3.ClH/c1-29(2)26(31)23(27)16-18-9-13-20(14-10-18)32-19-11-7-17(8-12-19)15-22-21-5-3-4-6-24(21)28-25(22)30;/h3-15,23H,16,27H2,1-2H3,(H,28,30);1H/b22-15+;. The molecule has 6 nitrogen and oxygen atoms in total. The van der Waals surface area contributed by atoms with Gasteiger partial charge in [-0.2, -0.15) is 0 Å². The molecular formula is C26H26ClN3O3. The van der Waals surface area contributed by atoms with E-state index in [4.69, 9.17) is 10.5 Å². The highest BCUT2D eigenvalue weighted by molar-refractivity contribution is 6.34. The number of nitrogens with two attached hydrogens (primary N) is 1. The van der Waals surface area contributed by atoms with Crippen molar-refractivity contribution >= 4 is 41.6 Å². The monoisotopic (exact) mass is 463 g/mol. The van der Waals surface area contributed by atoms with Gasteiger partial charge in [0.1, 0.15) is 11.5 Å². The van der Waals surface area contributed by atoms with E-state index in [0.717, 1.165) is 22.4 Å². The summed E-state index contributed by atoms with van der Waals surface area (Å²) in [4.78, 5) is 25.7. The van der Waals surface area contributed by atoms with Gasteiger partial charge in [-0.1, -0.05) is 42.5 Å². The van der Waals surface area contributed by atoms with Crippen LogP contribution in [-0.4, -0.2) is 36.9 Å². The summed E-state index contributed by atoms with van der Waals surface area (Å²) < 4.78 is 5.92. The van der Waals surface area contributed by atoms with E-state index < -0.39 is 6.04 Å². The number of anilines is 1. The van der Waals surface area contributed by atoms with Gasteiger partial charge in [-0.05, 0) is 54.0 Å². The maximum Gasteiger partial charge on any atom is 0.256 e. The molecule has 3 N–H and O–H groups in total. The summed E-state index contributed by atoms with van der Waals surface area (Å²) in [6.45, 7) is 0. The summed E-state index contributed by atoms with van der Waals surface area (Å²) >= 11 is 0. The number of amides is 2. The van der Waals surface area contributed by atoms with Gasteiger partial charge in [-0.3, -0.25) is 9.59 Å². The minimum absolute atomic E-state index is 0. The van der Waals surface area contributed by atoms with Gasteiger partial charge in [-0.25, -0.2) is 0 Å². The highest BCUT2D eigenvalue weighted by Gasteiger charge is 2.23. The molecule has 0 aromatic heterocycles. The lowest BCUT2D eigenvalue weighted by molar-refractivity contribution is -0.130. The predicted molar refractivity (Wildman–Crippen MR) is 134 cm³/mol. The van der Waals surface area contributed by atoms with Crippen LogP contribution in [0.25, 0.3) is 11.6 Å². The van der Waals surface area contributed by atoms with Crippen LogP contribution in [0.2, 0.25) is 0 Å². The summed E-state index contributed by atoms with van der Waals surface area (Å²) in [6.07, 6.45) is 2.34. The fraction of sp³-hybridized carbons (Fsp3) is 0.154. The third-order valence-electron chi connectivity index (χ3n) is 5.27. The zero-order valence-corrected chi connectivity index (χ0v) is 19.3. The fourth-order valence-corrected chi connectivity index (χ4v) is 3.58. The number of benzene rings is 3. The second kappa shape index (κ2) is 10.3. The van der Waals surface area contributed by atoms with E-state index >= 15 is 0 Å². The van der Waals surface area contributed by atoms with Crippen molar-refractivity contribution in [3.63, 3.8) is 0 Å². The highest BCUT2D eigenvalue weighted by Crippen LogP contribution is 2.33. The van der Waals surface area contributed by atoms with Gasteiger partial charge in [0.05, 0.1) is 6.04 Å². The lowest BCUT2D eigenvalue weighted by Gasteiger charge is -2.16. The first-order valence-corrected chi connectivity index (χ1v) is 10.4. The van der Waals surface area contributed by atoms with E-state index in [9.17, 15) is 9.59 Å². The Kier molecular flexibility index (Phi) is 7.53. The molecule has 3 aromatic rings. The van der Waals surface area contributed by atoms with Crippen LogP contribution in [0.5, 0.6) is 11.5 Å². The molecule has 33 heavy (non-hydrogen) atoms. The summed E-state index contributed by atoms with van der Waals surface area (Å²) in [5, 5.41) is 2.88. The summed E-state index contributed by atoms with van der Waals surface area (Å²) in [7, 11) is 3.39. The van der Waals surface area contributed by atoms with Crippen LogP contribution in [0.15, 0.2) is 72.8 Å². The zero-order chi connectivity index (χ0) is 22.7. The van der Waals surface area contributed by atoms with Gasteiger partial charge in [0.25, 0.3) is 5.91 Å². The van der Waals surface area contributed by atoms with Gasteiger partial charge in [0, 0.05) is 30.9 Å². The van der Waals surface area contributed by atoms with Gasteiger partial charge in [0.15, 0.2) is 0 Å². The smallest absolute Gasteiger partial charge is 0.256 e. The van der Waals surface area contributed by atoms with Crippen molar-refractivity contribution in [2.45, 2.75) is 12.5 Å². The van der Waals surface area contributed by atoms with Crippen LogP contribution in [0.4, 0.5) is 5.69 Å². The summed E-state index contributed by atoms with van der Waals surface area (Å²) in [5.41, 5.74) is 10.2. The number of likely N-dealkylation sites (N-methyl/N-ethyl adjacent to an activating group) is 1. The average molecular weight is 464 g/mol. The molecular weight excluding hydrogens is 438 g/mol. The Labute approximate surface area is 199 Å². The first-order valence-electron chi connectivity index (χ1n) is 10.4. The highest BCUT2D eigenvalue weighted by atomic mass is 35.5. The van der Waals surface area contributed by atoms with Crippen LogP contribution in [-0.2, 0) is 16.0 Å². The van der Waals surface area contributed by atoms with Gasteiger partial charge in [0.2, 0.25) is 5.91 Å². The van der Waals surface area contributed by atoms with Crippen molar-refractivity contribution in [3.8, 4) is 11.5 Å². The van der Waals surface area contributed by atoms with Crippen molar-refractivity contribution in [2.24, 2.45) is 5.73 Å². The van der Waals surface area contributed by atoms with Gasteiger partial charge >= 0.3 is 0 Å². The zero-order valence-electron chi connectivity index (χ0n) is 18.4. The molecule has 1 aliphatic rings. The molecule has 0 aliphatic carbocycles. The Hall–Kier alpha value is -3.61. The number of nitrogens with one attached hydrogen (secondary N) is 1. The minimum Gasteiger partial charge on any atom is -0.457 e. The molecule has 1 aliphatic heterocycles. The Balaban J connectivity index is 0.00000306.